The number of H-pyrrole nitrogens is 1. The van der Waals surface area contributed by atoms with Gasteiger partial charge in [-0.2, -0.15) is 5.10 Å². The predicted molar refractivity (Wildman–Crippen MR) is 108 cm³/mol. The molecule has 1 aliphatic rings. The molecule has 1 saturated heterocycles. The topological polar surface area (TPSA) is 61.0 Å². The van der Waals surface area contributed by atoms with Crippen LogP contribution >= 0.6 is 11.6 Å². The van der Waals surface area contributed by atoms with E-state index in [1.54, 1.807) is 12.1 Å². The molecule has 5 nitrogen and oxygen atoms in total. The number of aromatic amines is 1. The van der Waals surface area contributed by atoms with Crippen LogP contribution in [0.1, 0.15) is 23.2 Å². The number of piperidine rings is 1. The molecule has 4 rings (SSSR count). The zero-order chi connectivity index (χ0) is 20.4. The van der Waals surface area contributed by atoms with Crippen LogP contribution in [0.3, 0.4) is 0 Å². The fraction of sp³-hybridized carbons (Fsp3) is 0.238. The van der Waals surface area contributed by atoms with Gasteiger partial charge in [-0.05, 0) is 60.9 Å². The average molecular weight is 417 g/mol. The number of nitrogens with one attached hydrogen (secondary N) is 2. The van der Waals surface area contributed by atoms with E-state index in [9.17, 15) is 13.6 Å². The van der Waals surface area contributed by atoms with Crippen LogP contribution in [0.5, 0.6) is 0 Å². The first kappa shape index (κ1) is 19.4. The number of nitrogens with zero attached hydrogens (tertiary/aromatic N) is 2. The van der Waals surface area contributed by atoms with Gasteiger partial charge in [-0.1, -0.05) is 11.6 Å². The van der Waals surface area contributed by atoms with E-state index in [0.29, 0.717) is 12.1 Å². The Morgan fingerprint density at radius 1 is 1.17 bits per heavy atom. The van der Waals surface area contributed by atoms with E-state index in [1.165, 1.54) is 30.3 Å². The molecule has 29 heavy (non-hydrogen) atoms. The van der Waals surface area contributed by atoms with Crippen LogP contribution in [-0.2, 0) is 0 Å². The van der Waals surface area contributed by atoms with E-state index < -0.39 is 5.82 Å². The Morgan fingerprint density at radius 3 is 2.72 bits per heavy atom. The van der Waals surface area contributed by atoms with Gasteiger partial charge in [-0.3, -0.25) is 9.89 Å². The first-order valence-corrected chi connectivity index (χ1v) is 9.69. The molecule has 0 bridgehead atoms. The summed E-state index contributed by atoms with van der Waals surface area (Å²) in [6, 6.07) is 12.0. The fourth-order valence-corrected chi connectivity index (χ4v) is 3.64. The van der Waals surface area contributed by atoms with Crippen molar-refractivity contribution in [2.45, 2.75) is 18.9 Å². The van der Waals surface area contributed by atoms with Crippen LogP contribution in [-0.4, -0.2) is 35.2 Å². The number of anilines is 1. The molecule has 2 aromatic carbocycles. The molecule has 1 atom stereocenters. The molecule has 2 N–H and O–H groups in total. The highest BCUT2D eigenvalue weighted by Crippen LogP contribution is 2.24. The van der Waals surface area contributed by atoms with E-state index in [4.69, 9.17) is 11.6 Å². The number of hydrogen-bond donors (Lipinski definition) is 2. The zero-order valence-electron chi connectivity index (χ0n) is 15.5. The minimum absolute atomic E-state index is 0.0638. The molecule has 0 unspecified atom stereocenters. The van der Waals surface area contributed by atoms with Gasteiger partial charge in [0.25, 0.3) is 5.91 Å². The lowest BCUT2D eigenvalue weighted by molar-refractivity contribution is 0.0933. The molecule has 3 aromatic rings. The summed E-state index contributed by atoms with van der Waals surface area (Å²) in [5.41, 5.74) is 1.97. The summed E-state index contributed by atoms with van der Waals surface area (Å²) < 4.78 is 26.4. The number of rotatable bonds is 4. The van der Waals surface area contributed by atoms with Gasteiger partial charge in [0, 0.05) is 30.8 Å². The van der Waals surface area contributed by atoms with Gasteiger partial charge in [0.15, 0.2) is 5.82 Å². The summed E-state index contributed by atoms with van der Waals surface area (Å²) >= 11 is 5.77. The lowest BCUT2D eigenvalue weighted by Gasteiger charge is -2.33. The molecule has 150 valence electrons. The molecular weight excluding hydrogens is 398 g/mol. The normalized spacial score (nSPS) is 16.7. The van der Waals surface area contributed by atoms with Crippen molar-refractivity contribution in [2.75, 3.05) is 18.0 Å². The molecule has 0 spiro atoms. The monoisotopic (exact) mass is 416 g/mol. The third-order valence-corrected chi connectivity index (χ3v) is 5.27. The summed E-state index contributed by atoms with van der Waals surface area (Å²) in [6.07, 6.45) is 1.74. The van der Waals surface area contributed by atoms with Crippen LogP contribution in [0.15, 0.2) is 48.5 Å². The van der Waals surface area contributed by atoms with E-state index in [2.05, 4.69) is 20.4 Å². The number of amides is 1. The zero-order valence-corrected chi connectivity index (χ0v) is 16.2. The third-order valence-electron chi connectivity index (χ3n) is 4.98. The quantitative estimate of drug-likeness (QED) is 0.662. The SMILES string of the molecule is O=C(N[C@H]1CCCN(c2cc(-c3ccc(F)cc3)[nH]n2)C1)c1ccc(F)c(Cl)c1. The molecule has 0 aliphatic carbocycles. The molecule has 1 aliphatic heterocycles. The Balaban J connectivity index is 1.42. The number of carbonyl (C=O) groups is 1. The minimum Gasteiger partial charge on any atom is -0.353 e. The Kier molecular flexibility index (Phi) is 5.49. The van der Waals surface area contributed by atoms with Crippen LogP contribution in [0.4, 0.5) is 14.6 Å². The van der Waals surface area contributed by atoms with E-state index >= 15 is 0 Å². The van der Waals surface area contributed by atoms with Gasteiger partial charge in [-0.25, -0.2) is 8.78 Å². The van der Waals surface area contributed by atoms with Crippen LogP contribution in [0.25, 0.3) is 11.3 Å². The van der Waals surface area contributed by atoms with Crippen molar-refractivity contribution in [3.63, 3.8) is 0 Å². The number of aromatic nitrogens is 2. The van der Waals surface area contributed by atoms with Crippen molar-refractivity contribution in [1.29, 1.82) is 0 Å². The second kappa shape index (κ2) is 8.21. The number of hydrogen-bond acceptors (Lipinski definition) is 3. The van der Waals surface area contributed by atoms with Crippen molar-refractivity contribution in [1.82, 2.24) is 15.5 Å². The smallest absolute Gasteiger partial charge is 0.251 e. The summed E-state index contributed by atoms with van der Waals surface area (Å²) in [4.78, 5) is 14.6. The molecule has 8 heteroatoms. The van der Waals surface area contributed by atoms with Crippen LogP contribution in [0, 0.1) is 11.6 Å². The maximum absolute atomic E-state index is 13.3. The summed E-state index contributed by atoms with van der Waals surface area (Å²) in [6.45, 7) is 1.43. The Morgan fingerprint density at radius 2 is 1.97 bits per heavy atom. The Labute approximate surface area is 171 Å². The van der Waals surface area contributed by atoms with Gasteiger partial charge in [0.2, 0.25) is 0 Å². The first-order valence-electron chi connectivity index (χ1n) is 9.32. The molecular formula is C21H19ClF2N4O. The predicted octanol–water partition coefficient (Wildman–Crippen LogP) is 4.41. The lowest BCUT2D eigenvalue weighted by Crippen LogP contribution is -2.48. The number of carbonyl (C=O) groups excluding carboxylic acids is 1. The molecule has 1 aromatic heterocycles. The van der Waals surface area contributed by atoms with E-state index in [-0.39, 0.29) is 22.8 Å². The average Bonchev–Trinajstić information content (AvgIpc) is 3.21. The minimum atomic E-state index is -0.553. The van der Waals surface area contributed by atoms with Crippen molar-refractivity contribution in [2.24, 2.45) is 0 Å². The maximum Gasteiger partial charge on any atom is 0.251 e. The molecule has 2 heterocycles. The van der Waals surface area contributed by atoms with E-state index in [0.717, 1.165) is 36.5 Å². The highest BCUT2D eigenvalue weighted by molar-refractivity contribution is 6.31. The highest BCUT2D eigenvalue weighted by Gasteiger charge is 2.24. The van der Waals surface area contributed by atoms with Gasteiger partial charge < -0.3 is 10.2 Å². The standard InChI is InChI=1S/C21H19ClF2N4O/c22-17-10-14(5-8-18(17)24)21(29)25-16-2-1-9-28(12-16)20-11-19(26-27-20)13-3-6-15(23)7-4-13/h3-8,10-11,16H,1-2,9,12H2,(H,25,29)(H,26,27)/t16-/m0/s1. The Hall–Kier alpha value is -2.93. The largest absolute Gasteiger partial charge is 0.353 e. The fourth-order valence-electron chi connectivity index (χ4n) is 3.46. The summed E-state index contributed by atoms with van der Waals surface area (Å²) in [5, 5.41) is 10.3. The van der Waals surface area contributed by atoms with Crippen molar-refractivity contribution < 1.29 is 13.6 Å². The highest BCUT2D eigenvalue weighted by atomic mass is 35.5. The summed E-state index contributed by atoms with van der Waals surface area (Å²) in [7, 11) is 0. The molecule has 1 amide bonds. The van der Waals surface area contributed by atoms with Gasteiger partial charge in [0.05, 0.1) is 10.7 Å². The molecule has 0 saturated carbocycles. The van der Waals surface area contributed by atoms with E-state index in [1.807, 2.05) is 6.07 Å². The van der Waals surface area contributed by atoms with Crippen LogP contribution < -0.4 is 10.2 Å². The molecule has 1 fully saturated rings. The molecule has 0 radical (unpaired) electrons. The second-order valence-electron chi connectivity index (χ2n) is 7.03. The van der Waals surface area contributed by atoms with Crippen molar-refractivity contribution in [3.05, 3.63) is 70.8 Å². The Bertz CT molecular complexity index is 1020. The maximum atomic E-state index is 13.3. The van der Waals surface area contributed by atoms with Crippen LogP contribution in [0.2, 0.25) is 5.02 Å². The number of halogens is 3. The van der Waals surface area contributed by atoms with Gasteiger partial charge >= 0.3 is 0 Å². The number of benzene rings is 2. The third kappa shape index (κ3) is 4.40. The van der Waals surface area contributed by atoms with Crippen molar-refractivity contribution in [3.8, 4) is 11.3 Å². The lowest BCUT2D eigenvalue weighted by atomic mass is 10.0. The first-order chi connectivity index (χ1) is 14.0. The van der Waals surface area contributed by atoms with Crippen molar-refractivity contribution >= 4 is 23.3 Å². The van der Waals surface area contributed by atoms with Gasteiger partial charge in [-0.15, -0.1) is 0 Å². The second-order valence-corrected chi connectivity index (χ2v) is 7.44. The van der Waals surface area contributed by atoms with Gasteiger partial charge in [0.1, 0.15) is 11.6 Å². The summed E-state index contributed by atoms with van der Waals surface area (Å²) in [5.74, 6) is -0.353.